The highest BCUT2D eigenvalue weighted by Crippen LogP contribution is 2.39. The molecule has 0 spiro atoms. The van der Waals surface area contributed by atoms with E-state index >= 15 is 0 Å². The number of rotatable bonds is 7. The molecule has 1 atom stereocenters. The van der Waals surface area contributed by atoms with Gasteiger partial charge in [0.2, 0.25) is 11.8 Å². The number of aromatic nitrogens is 1. The van der Waals surface area contributed by atoms with Gasteiger partial charge in [0.25, 0.3) is 5.91 Å². The van der Waals surface area contributed by atoms with Crippen molar-refractivity contribution in [3.63, 3.8) is 0 Å². The highest BCUT2D eigenvalue weighted by Gasteiger charge is 2.36. The summed E-state index contributed by atoms with van der Waals surface area (Å²) in [4.78, 5) is 34.1. The summed E-state index contributed by atoms with van der Waals surface area (Å²) in [5.74, 6) is 1.24. The molecule has 37 heavy (non-hydrogen) atoms. The van der Waals surface area contributed by atoms with Gasteiger partial charge in [-0.15, -0.1) is 0 Å². The standard InChI is InChI=1S/C30H35N3O4/c1-20(2)32(3)30(35)26-18-37-27(31-26)19-36-24-14-13-21-15-16-33(29(34)23-11-7-8-12-23)28(25(21)17-24)22-9-5-4-6-10-22/h4-6,9-10,13-14,17-18,20,23,28H,7-8,11-12,15-16,19H2,1-3H3. The van der Waals surface area contributed by atoms with Gasteiger partial charge in [-0.3, -0.25) is 9.59 Å². The van der Waals surface area contributed by atoms with Crippen LogP contribution >= 0.6 is 0 Å². The number of ether oxygens (including phenoxy) is 1. The number of hydrogen-bond acceptors (Lipinski definition) is 5. The molecule has 1 aliphatic carbocycles. The Labute approximate surface area is 218 Å². The SMILES string of the molecule is CC(C)N(C)C(=O)c1coc(COc2ccc3c(c2)C(c2ccccc2)N(C(=O)C2CCCC2)CC3)n1. The number of fused-ring (bicyclic) bond motifs is 1. The minimum atomic E-state index is -0.184. The summed E-state index contributed by atoms with van der Waals surface area (Å²) < 4.78 is 11.6. The Balaban J connectivity index is 1.37. The Morgan fingerprint density at radius 1 is 1.14 bits per heavy atom. The van der Waals surface area contributed by atoms with E-state index in [0.717, 1.165) is 49.8 Å². The van der Waals surface area contributed by atoms with E-state index in [2.05, 4.69) is 28.1 Å². The molecule has 2 amide bonds. The molecule has 1 saturated carbocycles. The molecular formula is C30H35N3O4. The molecule has 2 aliphatic rings. The molecule has 0 N–H and O–H groups in total. The molecule has 2 aromatic carbocycles. The molecule has 0 saturated heterocycles. The van der Waals surface area contributed by atoms with Crippen molar-refractivity contribution in [2.45, 2.75) is 64.6 Å². The van der Waals surface area contributed by atoms with Crippen LogP contribution in [0.3, 0.4) is 0 Å². The van der Waals surface area contributed by atoms with E-state index in [4.69, 9.17) is 9.15 Å². The van der Waals surface area contributed by atoms with Crippen LogP contribution in [-0.2, 0) is 17.8 Å². The van der Waals surface area contributed by atoms with Crippen molar-refractivity contribution in [1.29, 1.82) is 0 Å². The second-order valence-corrected chi connectivity index (χ2v) is 10.4. The third kappa shape index (κ3) is 5.26. The van der Waals surface area contributed by atoms with Crippen LogP contribution in [0.15, 0.2) is 59.2 Å². The third-order valence-electron chi connectivity index (χ3n) is 7.68. The fraction of sp³-hybridized carbons (Fsp3) is 0.433. The van der Waals surface area contributed by atoms with Crippen LogP contribution in [0.5, 0.6) is 5.75 Å². The highest BCUT2D eigenvalue weighted by molar-refractivity contribution is 5.92. The lowest BCUT2D eigenvalue weighted by atomic mass is 9.87. The van der Waals surface area contributed by atoms with Crippen LogP contribution < -0.4 is 4.74 Å². The molecule has 1 aliphatic heterocycles. The first-order chi connectivity index (χ1) is 17.9. The molecule has 1 aromatic heterocycles. The Hall–Kier alpha value is -3.61. The van der Waals surface area contributed by atoms with Gasteiger partial charge < -0.3 is 19.0 Å². The van der Waals surface area contributed by atoms with Crippen molar-refractivity contribution < 1.29 is 18.7 Å². The summed E-state index contributed by atoms with van der Waals surface area (Å²) in [5.41, 5.74) is 3.71. The average Bonchev–Trinajstić information content (AvgIpc) is 3.63. The number of oxazole rings is 1. The summed E-state index contributed by atoms with van der Waals surface area (Å²) in [6, 6.07) is 16.3. The molecule has 194 valence electrons. The Morgan fingerprint density at radius 3 is 2.62 bits per heavy atom. The van der Waals surface area contributed by atoms with E-state index < -0.39 is 0 Å². The number of amides is 2. The molecule has 7 nitrogen and oxygen atoms in total. The summed E-state index contributed by atoms with van der Waals surface area (Å²) >= 11 is 0. The van der Waals surface area contributed by atoms with Crippen LogP contribution in [0.25, 0.3) is 0 Å². The Kier molecular flexibility index (Phi) is 7.31. The molecule has 1 unspecified atom stereocenters. The molecule has 7 heteroatoms. The second-order valence-electron chi connectivity index (χ2n) is 10.4. The Bertz CT molecular complexity index is 1250. The van der Waals surface area contributed by atoms with E-state index in [9.17, 15) is 9.59 Å². The smallest absolute Gasteiger partial charge is 0.275 e. The second kappa shape index (κ2) is 10.8. The minimum absolute atomic E-state index is 0.0667. The zero-order valence-corrected chi connectivity index (χ0v) is 21.9. The maximum absolute atomic E-state index is 13.6. The largest absolute Gasteiger partial charge is 0.484 e. The van der Waals surface area contributed by atoms with Crippen LogP contribution in [-0.4, -0.2) is 46.2 Å². The number of carbonyl (C=O) groups is 2. The van der Waals surface area contributed by atoms with Gasteiger partial charge in [0.15, 0.2) is 12.3 Å². The number of nitrogens with zero attached hydrogens (tertiary/aromatic N) is 3. The molecule has 1 fully saturated rings. The van der Waals surface area contributed by atoms with Crippen molar-refractivity contribution in [3.8, 4) is 5.75 Å². The lowest BCUT2D eigenvalue weighted by molar-refractivity contribution is -0.137. The van der Waals surface area contributed by atoms with Crippen molar-refractivity contribution in [2.24, 2.45) is 5.92 Å². The third-order valence-corrected chi connectivity index (χ3v) is 7.68. The zero-order valence-electron chi connectivity index (χ0n) is 21.9. The van der Waals surface area contributed by atoms with Gasteiger partial charge in [-0.25, -0.2) is 4.98 Å². The lowest BCUT2D eigenvalue weighted by Crippen LogP contribution is -2.43. The normalized spacial score (nSPS) is 17.6. The first-order valence-electron chi connectivity index (χ1n) is 13.2. The van der Waals surface area contributed by atoms with Gasteiger partial charge in [-0.05, 0) is 61.9 Å². The fourth-order valence-corrected chi connectivity index (χ4v) is 5.36. The van der Waals surface area contributed by atoms with Crippen LogP contribution in [0.1, 0.15) is 78.6 Å². The minimum Gasteiger partial charge on any atom is -0.484 e. The van der Waals surface area contributed by atoms with Gasteiger partial charge >= 0.3 is 0 Å². The van der Waals surface area contributed by atoms with E-state index in [1.54, 1.807) is 11.9 Å². The van der Waals surface area contributed by atoms with Gasteiger partial charge in [0.1, 0.15) is 12.0 Å². The topological polar surface area (TPSA) is 75.9 Å². The van der Waals surface area contributed by atoms with Crippen LogP contribution in [0.2, 0.25) is 0 Å². The van der Waals surface area contributed by atoms with Gasteiger partial charge in [0.05, 0.1) is 6.04 Å². The molecule has 0 radical (unpaired) electrons. The van der Waals surface area contributed by atoms with E-state index in [-0.39, 0.29) is 42.1 Å². The monoisotopic (exact) mass is 501 g/mol. The fourth-order valence-electron chi connectivity index (χ4n) is 5.36. The van der Waals surface area contributed by atoms with E-state index in [0.29, 0.717) is 11.6 Å². The van der Waals surface area contributed by atoms with Crippen molar-refractivity contribution in [1.82, 2.24) is 14.8 Å². The van der Waals surface area contributed by atoms with E-state index in [1.807, 2.05) is 44.2 Å². The van der Waals surface area contributed by atoms with Gasteiger partial charge in [0, 0.05) is 25.6 Å². The predicted molar refractivity (Wildman–Crippen MR) is 140 cm³/mol. The maximum atomic E-state index is 13.6. The summed E-state index contributed by atoms with van der Waals surface area (Å²) in [5, 5.41) is 0. The summed E-state index contributed by atoms with van der Waals surface area (Å²) in [6.07, 6.45) is 6.45. The highest BCUT2D eigenvalue weighted by atomic mass is 16.5. The molecular weight excluding hydrogens is 466 g/mol. The summed E-state index contributed by atoms with van der Waals surface area (Å²) in [6.45, 7) is 4.73. The van der Waals surface area contributed by atoms with E-state index in [1.165, 1.54) is 11.8 Å². The number of carbonyl (C=O) groups excluding carboxylic acids is 2. The quantitative estimate of drug-likeness (QED) is 0.433. The van der Waals surface area contributed by atoms with Crippen molar-refractivity contribution in [2.75, 3.05) is 13.6 Å². The number of benzene rings is 2. The molecule has 0 bridgehead atoms. The number of hydrogen-bond donors (Lipinski definition) is 0. The first-order valence-corrected chi connectivity index (χ1v) is 13.2. The lowest BCUT2D eigenvalue weighted by Gasteiger charge is -2.39. The molecule has 5 rings (SSSR count). The van der Waals surface area contributed by atoms with Crippen molar-refractivity contribution in [3.05, 3.63) is 83.1 Å². The van der Waals surface area contributed by atoms with Crippen LogP contribution in [0, 0.1) is 5.92 Å². The predicted octanol–water partition coefficient (Wildman–Crippen LogP) is 5.40. The zero-order chi connectivity index (χ0) is 25.9. The van der Waals surface area contributed by atoms with Gasteiger partial charge in [-0.2, -0.15) is 0 Å². The van der Waals surface area contributed by atoms with Gasteiger partial charge in [-0.1, -0.05) is 49.2 Å². The maximum Gasteiger partial charge on any atom is 0.275 e. The van der Waals surface area contributed by atoms with Crippen LogP contribution in [0.4, 0.5) is 0 Å². The first kappa shape index (κ1) is 25.1. The molecule has 2 heterocycles. The molecule has 3 aromatic rings. The van der Waals surface area contributed by atoms with Crippen molar-refractivity contribution >= 4 is 11.8 Å². The Morgan fingerprint density at radius 2 is 1.89 bits per heavy atom. The summed E-state index contributed by atoms with van der Waals surface area (Å²) in [7, 11) is 1.74. The average molecular weight is 502 g/mol.